The molecule has 32 heavy (non-hydrogen) atoms. The predicted octanol–water partition coefficient (Wildman–Crippen LogP) is 5.80. The number of likely N-dealkylation sites (N-methyl/N-ethyl adjacent to an activating group) is 2. The van der Waals surface area contributed by atoms with Crippen molar-refractivity contribution in [3.8, 4) is 11.5 Å². The largest absolute Gasteiger partial charge is 0.493 e. The Balaban J connectivity index is 1.71. The van der Waals surface area contributed by atoms with Gasteiger partial charge in [0, 0.05) is 54.9 Å². The molecule has 0 heterocycles. The van der Waals surface area contributed by atoms with E-state index in [1.165, 1.54) is 69.9 Å². The summed E-state index contributed by atoms with van der Waals surface area (Å²) in [6.45, 7) is 4.19. The van der Waals surface area contributed by atoms with Gasteiger partial charge in [0.1, 0.15) is 0 Å². The van der Waals surface area contributed by atoms with Crippen LogP contribution in [-0.2, 0) is 0 Å². The first kappa shape index (κ1) is 25.6. The van der Waals surface area contributed by atoms with Crippen LogP contribution < -0.4 is 14.4 Å². The molecular formula is C26H44BrN3O2. The molecule has 0 aliphatic heterocycles. The van der Waals surface area contributed by atoms with E-state index < -0.39 is 0 Å². The van der Waals surface area contributed by atoms with Gasteiger partial charge in [-0.15, -0.1) is 0 Å². The van der Waals surface area contributed by atoms with Gasteiger partial charge < -0.3 is 24.2 Å². The molecule has 2 saturated carbocycles. The van der Waals surface area contributed by atoms with Crippen LogP contribution in [0.1, 0.15) is 64.2 Å². The van der Waals surface area contributed by atoms with Gasteiger partial charge in [-0.2, -0.15) is 0 Å². The fourth-order valence-electron chi connectivity index (χ4n) is 5.40. The van der Waals surface area contributed by atoms with Gasteiger partial charge >= 0.3 is 0 Å². The molecule has 0 spiro atoms. The molecule has 0 radical (unpaired) electrons. The number of hydrogen-bond donors (Lipinski definition) is 0. The second-order valence-corrected chi connectivity index (χ2v) is 10.5. The lowest BCUT2D eigenvalue weighted by Gasteiger charge is -2.36. The molecule has 0 amide bonds. The number of hydrogen-bond acceptors (Lipinski definition) is 5. The van der Waals surface area contributed by atoms with Gasteiger partial charge in [0.15, 0.2) is 11.5 Å². The Bertz CT molecular complexity index is 662. The molecule has 2 fully saturated rings. The highest BCUT2D eigenvalue weighted by Gasteiger charge is 2.22. The molecule has 0 saturated heterocycles. The van der Waals surface area contributed by atoms with E-state index in [-0.39, 0.29) is 0 Å². The van der Waals surface area contributed by atoms with Crippen molar-refractivity contribution in [2.24, 2.45) is 0 Å². The number of benzene rings is 1. The Labute approximate surface area is 204 Å². The summed E-state index contributed by atoms with van der Waals surface area (Å²) in [6.07, 6.45) is 13.7. The van der Waals surface area contributed by atoms with Crippen molar-refractivity contribution >= 4 is 21.6 Å². The van der Waals surface area contributed by atoms with Crippen LogP contribution in [0.3, 0.4) is 0 Å². The maximum absolute atomic E-state index is 5.63. The maximum Gasteiger partial charge on any atom is 0.162 e. The van der Waals surface area contributed by atoms with Gasteiger partial charge in [-0.3, -0.25) is 0 Å². The summed E-state index contributed by atoms with van der Waals surface area (Å²) in [6, 6.07) is 5.65. The van der Waals surface area contributed by atoms with Gasteiger partial charge in [-0.25, -0.2) is 0 Å². The summed E-state index contributed by atoms with van der Waals surface area (Å²) in [5, 5.41) is 0. The molecule has 182 valence electrons. The quantitative estimate of drug-likeness (QED) is 0.375. The van der Waals surface area contributed by atoms with E-state index in [2.05, 4.69) is 50.8 Å². The monoisotopic (exact) mass is 509 g/mol. The fourth-order valence-corrected chi connectivity index (χ4v) is 5.98. The second kappa shape index (κ2) is 13.0. The zero-order valence-corrected chi connectivity index (χ0v) is 22.3. The van der Waals surface area contributed by atoms with Crippen molar-refractivity contribution in [1.82, 2.24) is 9.80 Å². The second-order valence-electron chi connectivity index (χ2n) is 9.69. The molecule has 2 aliphatic carbocycles. The minimum Gasteiger partial charge on any atom is -0.493 e. The van der Waals surface area contributed by atoms with Crippen molar-refractivity contribution in [2.45, 2.75) is 76.3 Å². The van der Waals surface area contributed by atoms with Crippen molar-refractivity contribution in [2.75, 3.05) is 59.4 Å². The van der Waals surface area contributed by atoms with Gasteiger partial charge in [-0.1, -0.05) is 38.5 Å². The Kier molecular flexibility index (Phi) is 10.5. The minimum atomic E-state index is 0.740. The summed E-state index contributed by atoms with van der Waals surface area (Å²) in [5.74, 6) is 1.55. The molecule has 0 bridgehead atoms. The zero-order chi connectivity index (χ0) is 22.9. The van der Waals surface area contributed by atoms with Crippen LogP contribution in [0.2, 0.25) is 0 Å². The number of anilines is 1. The number of halogens is 1. The predicted molar refractivity (Wildman–Crippen MR) is 138 cm³/mol. The number of methoxy groups -OCH3 is 2. The summed E-state index contributed by atoms with van der Waals surface area (Å²) >= 11 is 3.81. The van der Waals surface area contributed by atoms with Crippen molar-refractivity contribution in [1.29, 1.82) is 0 Å². The van der Waals surface area contributed by atoms with Crippen LogP contribution in [0.15, 0.2) is 16.6 Å². The van der Waals surface area contributed by atoms with Crippen LogP contribution >= 0.6 is 15.9 Å². The van der Waals surface area contributed by atoms with E-state index in [1.54, 1.807) is 14.2 Å². The van der Waals surface area contributed by atoms with Crippen molar-refractivity contribution < 1.29 is 9.47 Å². The van der Waals surface area contributed by atoms with Gasteiger partial charge in [0.25, 0.3) is 0 Å². The van der Waals surface area contributed by atoms with Crippen LogP contribution in [0.4, 0.5) is 5.69 Å². The Hall–Kier alpha value is -0.980. The highest BCUT2D eigenvalue weighted by atomic mass is 79.9. The topological polar surface area (TPSA) is 28.2 Å². The lowest BCUT2D eigenvalue weighted by atomic mass is 9.94. The van der Waals surface area contributed by atoms with Gasteiger partial charge in [0.2, 0.25) is 0 Å². The van der Waals surface area contributed by atoms with E-state index in [4.69, 9.17) is 9.47 Å². The molecule has 6 heteroatoms. The first-order chi connectivity index (χ1) is 15.5. The summed E-state index contributed by atoms with van der Waals surface area (Å²) in [7, 11) is 8.03. The van der Waals surface area contributed by atoms with Gasteiger partial charge in [0.05, 0.1) is 19.9 Å². The minimum absolute atomic E-state index is 0.740. The highest BCUT2D eigenvalue weighted by Crippen LogP contribution is 2.38. The first-order valence-corrected chi connectivity index (χ1v) is 13.4. The van der Waals surface area contributed by atoms with Crippen molar-refractivity contribution in [3.05, 3.63) is 16.6 Å². The number of ether oxygens (including phenoxy) is 2. The molecule has 0 atom stereocenters. The summed E-state index contributed by atoms with van der Waals surface area (Å²) in [4.78, 5) is 7.71. The third-order valence-electron chi connectivity index (χ3n) is 7.64. The zero-order valence-electron chi connectivity index (χ0n) is 20.7. The SMILES string of the molecule is COc1cc(Br)c(N(CCN(C)C2CCCCC2)CCN(C)C2CCCCC2)cc1OC. The number of nitrogens with zero attached hydrogens (tertiary/aromatic N) is 3. The third-order valence-corrected chi connectivity index (χ3v) is 8.27. The van der Waals surface area contributed by atoms with Crippen LogP contribution in [0.25, 0.3) is 0 Å². The Morgan fingerprint density at radius 2 is 1.16 bits per heavy atom. The first-order valence-electron chi connectivity index (χ1n) is 12.6. The Morgan fingerprint density at radius 1 is 0.719 bits per heavy atom. The van der Waals surface area contributed by atoms with Crippen LogP contribution in [0.5, 0.6) is 11.5 Å². The normalized spacial score (nSPS) is 18.3. The summed E-state index contributed by atoms with van der Waals surface area (Å²) in [5.41, 5.74) is 1.19. The van der Waals surface area contributed by atoms with Gasteiger partial charge in [-0.05, 0) is 55.7 Å². The van der Waals surface area contributed by atoms with Crippen molar-refractivity contribution in [3.63, 3.8) is 0 Å². The fraction of sp³-hybridized carbons (Fsp3) is 0.769. The molecule has 0 N–H and O–H groups in total. The average Bonchev–Trinajstić information content (AvgIpc) is 2.84. The molecule has 2 aliphatic rings. The average molecular weight is 511 g/mol. The van der Waals surface area contributed by atoms with E-state index in [0.717, 1.165) is 54.2 Å². The lowest BCUT2D eigenvalue weighted by Crippen LogP contribution is -2.43. The molecule has 3 rings (SSSR count). The maximum atomic E-state index is 5.63. The molecule has 0 aromatic heterocycles. The summed E-state index contributed by atoms with van der Waals surface area (Å²) < 4.78 is 12.2. The smallest absolute Gasteiger partial charge is 0.162 e. The van der Waals surface area contributed by atoms with Crippen LogP contribution in [0, 0.1) is 0 Å². The Morgan fingerprint density at radius 3 is 1.59 bits per heavy atom. The van der Waals surface area contributed by atoms with E-state index in [0.29, 0.717) is 0 Å². The van der Waals surface area contributed by atoms with Crippen LogP contribution in [-0.4, -0.2) is 76.4 Å². The third kappa shape index (κ3) is 7.01. The molecule has 0 unspecified atom stereocenters. The van der Waals surface area contributed by atoms with E-state index >= 15 is 0 Å². The highest BCUT2D eigenvalue weighted by molar-refractivity contribution is 9.10. The lowest BCUT2D eigenvalue weighted by molar-refractivity contribution is 0.187. The van der Waals surface area contributed by atoms with E-state index in [9.17, 15) is 0 Å². The molecule has 1 aromatic rings. The molecule has 1 aromatic carbocycles. The molecule has 5 nitrogen and oxygen atoms in total. The number of rotatable bonds is 11. The molecular weight excluding hydrogens is 466 g/mol. The standard InChI is InChI=1S/C26H44BrN3O2/c1-28(21-11-7-5-8-12-21)15-17-30(18-16-29(2)22-13-9-6-10-14-22)24-20-26(32-4)25(31-3)19-23(24)27/h19-22H,5-18H2,1-4H3. The van der Waals surface area contributed by atoms with E-state index in [1.807, 2.05) is 6.07 Å².